The SMILES string of the molecule is O=S(=O)(c1ccc(O)cc1)C1(CO)CC1. The molecule has 4 nitrogen and oxygen atoms in total. The number of aliphatic hydroxyl groups is 1. The molecule has 1 aliphatic rings. The molecule has 0 aliphatic heterocycles. The van der Waals surface area contributed by atoms with Gasteiger partial charge in [0.05, 0.1) is 16.2 Å². The van der Waals surface area contributed by atoms with Gasteiger partial charge in [0.1, 0.15) is 5.75 Å². The van der Waals surface area contributed by atoms with E-state index in [-0.39, 0.29) is 17.3 Å². The molecule has 0 heterocycles. The molecule has 0 aromatic heterocycles. The number of phenolic OH excluding ortho intramolecular Hbond substituents is 1. The summed E-state index contributed by atoms with van der Waals surface area (Å²) < 4.78 is 23.1. The van der Waals surface area contributed by atoms with Crippen molar-refractivity contribution in [2.75, 3.05) is 6.61 Å². The van der Waals surface area contributed by atoms with Crippen LogP contribution in [0.2, 0.25) is 0 Å². The Bertz CT molecular complexity index is 457. The highest BCUT2D eigenvalue weighted by molar-refractivity contribution is 7.93. The maximum absolute atomic E-state index is 12.0. The Labute approximate surface area is 88.1 Å². The van der Waals surface area contributed by atoms with Crippen LogP contribution in [0.5, 0.6) is 5.75 Å². The average Bonchev–Trinajstić information content (AvgIpc) is 2.99. The molecule has 82 valence electrons. The van der Waals surface area contributed by atoms with Crippen LogP contribution in [-0.4, -0.2) is 30.0 Å². The number of benzene rings is 1. The number of rotatable bonds is 3. The average molecular weight is 228 g/mol. The molecule has 5 heteroatoms. The van der Waals surface area contributed by atoms with Crippen molar-refractivity contribution in [2.24, 2.45) is 0 Å². The smallest absolute Gasteiger partial charge is 0.186 e. The van der Waals surface area contributed by atoms with Gasteiger partial charge in [-0.3, -0.25) is 0 Å². The van der Waals surface area contributed by atoms with Crippen molar-refractivity contribution in [3.05, 3.63) is 24.3 Å². The van der Waals surface area contributed by atoms with E-state index < -0.39 is 14.6 Å². The molecule has 2 N–H and O–H groups in total. The van der Waals surface area contributed by atoms with Crippen LogP contribution in [0, 0.1) is 0 Å². The van der Waals surface area contributed by atoms with Crippen molar-refractivity contribution in [1.29, 1.82) is 0 Å². The van der Waals surface area contributed by atoms with Crippen molar-refractivity contribution in [3.63, 3.8) is 0 Å². The molecule has 0 radical (unpaired) electrons. The van der Waals surface area contributed by atoms with Crippen molar-refractivity contribution in [2.45, 2.75) is 22.5 Å². The van der Waals surface area contributed by atoms with Crippen molar-refractivity contribution >= 4 is 9.84 Å². The second-order valence-electron chi connectivity index (χ2n) is 3.84. The molecule has 0 bridgehead atoms. The van der Waals surface area contributed by atoms with E-state index in [0.717, 1.165) is 0 Å². The number of aliphatic hydroxyl groups excluding tert-OH is 1. The van der Waals surface area contributed by atoms with Gasteiger partial charge in [0.15, 0.2) is 9.84 Å². The highest BCUT2D eigenvalue weighted by Gasteiger charge is 2.54. The second kappa shape index (κ2) is 3.21. The topological polar surface area (TPSA) is 74.6 Å². The standard InChI is InChI=1S/C10H12O4S/c11-7-10(5-6-10)15(13,14)9-3-1-8(12)2-4-9/h1-4,11-12H,5-7H2. The summed E-state index contributed by atoms with van der Waals surface area (Å²) in [6, 6.07) is 5.39. The Hall–Kier alpha value is -1.07. The van der Waals surface area contributed by atoms with E-state index in [4.69, 9.17) is 10.2 Å². The van der Waals surface area contributed by atoms with E-state index in [0.29, 0.717) is 12.8 Å². The molecule has 0 amide bonds. The van der Waals surface area contributed by atoms with Gasteiger partial charge in [-0.2, -0.15) is 0 Å². The summed E-state index contributed by atoms with van der Waals surface area (Å²) in [6.45, 7) is -0.337. The third-order valence-corrected chi connectivity index (χ3v) is 5.38. The first-order valence-electron chi connectivity index (χ1n) is 4.66. The summed E-state index contributed by atoms with van der Waals surface area (Å²) >= 11 is 0. The number of sulfone groups is 1. The van der Waals surface area contributed by atoms with Gasteiger partial charge in [-0.1, -0.05) is 0 Å². The molecule has 0 unspecified atom stereocenters. The Kier molecular flexibility index (Phi) is 2.24. The van der Waals surface area contributed by atoms with E-state index in [1.54, 1.807) is 0 Å². The maximum Gasteiger partial charge on any atom is 0.186 e. The lowest BCUT2D eigenvalue weighted by Crippen LogP contribution is -2.27. The molecule has 0 spiro atoms. The van der Waals surface area contributed by atoms with E-state index in [1.165, 1.54) is 24.3 Å². The number of hydrogen-bond acceptors (Lipinski definition) is 4. The second-order valence-corrected chi connectivity index (χ2v) is 6.18. The largest absolute Gasteiger partial charge is 0.508 e. The molecule has 2 rings (SSSR count). The van der Waals surface area contributed by atoms with Gasteiger partial charge < -0.3 is 10.2 Å². The van der Waals surface area contributed by atoms with Crippen LogP contribution in [0.1, 0.15) is 12.8 Å². The van der Waals surface area contributed by atoms with Gasteiger partial charge in [-0.05, 0) is 37.1 Å². The Morgan fingerprint density at radius 2 is 1.73 bits per heavy atom. The van der Waals surface area contributed by atoms with Crippen LogP contribution < -0.4 is 0 Å². The molecule has 1 saturated carbocycles. The predicted molar refractivity (Wildman–Crippen MR) is 54.3 cm³/mol. The fourth-order valence-corrected chi connectivity index (χ4v) is 3.33. The van der Waals surface area contributed by atoms with E-state index in [9.17, 15) is 8.42 Å². The fraction of sp³-hybridized carbons (Fsp3) is 0.400. The van der Waals surface area contributed by atoms with Crippen molar-refractivity contribution in [1.82, 2.24) is 0 Å². The van der Waals surface area contributed by atoms with E-state index in [2.05, 4.69) is 0 Å². The number of hydrogen-bond donors (Lipinski definition) is 2. The summed E-state index contributed by atoms with van der Waals surface area (Å²) in [5, 5.41) is 18.1. The van der Waals surface area contributed by atoms with Gasteiger partial charge in [0.2, 0.25) is 0 Å². The molecular formula is C10H12O4S. The Balaban J connectivity index is 2.43. The summed E-state index contributed by atoms with van der Waals surface area (Å²) in [5.41, 5.74) is 0. The van der Waals surface area contributed by atoms with Crippen LogP contribution in [0.25, 0.3) is 0 Å². The van der Waals surface area contributed by atoms with Crippen LogP contribution in [0.4, 0.5) is 0 Å². The van der Waals surface area contributed by atoms with Crippen LogP contribution in [0.15, 0.2) is 29.2 Å². The van der Waals surface area contributed by atoms with Gasteiger partial charge >= 0.3 is 0 Å². The Morgan fingerprint density at radius 1 is 1.20 bits per heavy atom. The lowest BCUT2D eigenvalue weighted by molar-refractivity contribution is 0.283. The minimum Gasteiger partial charge on any atom is -0.508 e. The quantitative estimate of drug-likeness (QED) is 0.798. The number of aromatic hydroxyl groups is 1. The molecule has 15 heavy (non-hydrogen) atoms. The zero-order valence-corrected chi connectivity index (χ0v) is 8.87. The molecule has 1 aromatic carbocycles. The minimum absolute atomic E-state index is 0.0304. The van der Waals surface area contributed by atoms with Crippen LogP contribution in [-0.2, 0) is 9.84 Å². The van der Waals surface area contributed by atoms with Gasteiger partial charge in [-0.25, -0.2) is 8.42 Å². The fourth-order valence-electron chi connectivity index (χ4n) is 1.53. The lowest BCUT2D eigenvalue weighted by Gasteiger charge is -2.12. The Morgan fingerprint density at radius 3 is 2.13 bits per heavy atom. The van der Waals surface area contributed by atoms with Crippen molar-refractivity contribution in [3.8, 4) is 5.75 Å². The predicted octanol–water partition coefficient (Wildman–Crippen LogP) is 0.691. The summed E-state index contributed by atoms with van der Waals surface area (Å²) in [5.74, 6) is 0.0304. The summed E-state index contributed by atoms with van der Waals surface area (Å²) in [7, 11) is -3.46. The van der Waals surface area contributed by atoms with Crippen LogP contribution in [0.3, 0.4) is 0 Å². The van der Waals surface area contributed by atoms with E-state index in [1.807, 2.05) is 0 Å². The molecule has 0 atom stereocenters. The normalized spacial score (nSPS) is 18.7. The summed E-state index contributed by atoms with van der Waals surface area (Å²) in [6.07, 6.45) is 1.01. The first kappa shape index (κ1) is 10.4. The van der Waals surface area contributed by atoms with Gasteiger partial charge in [-0.15, -0.1) is 0 Å². The maximum atomic E-state index is 12.0. The first-order chi connectivity index (χ1) is 7.02. The first-order valence-corrected chi connectivity index (χ1v) is 6.15. The highest BCUT2D eigenvalue weighted by Crippen LogP contribution is 2.46. The number of phenols is 1. The van der Waals surface area contributed by atoms with Gasteiger partial charge in [0.25, 0.3) is 0 Å². The monoisotopic (exact) mass is 228 g/mol. The summed E-state index contributed by atoms with van der Waals surface area (Å²) in [4.78, 5) is 0.159. The van der Waals surface area contributed by atoms with Crippen LogP contribution >= 0.6 is 0 Å². The third-order valence-electron chi connectivity index (χ3n) is 2.81. The molecule has 1 aromatic rings. The lowest BCUT2D eigenvalue weighted by atomic mass is 10.3. The minimum atomic E-state index is -3.46. The zero-order chi connectivity index (χ0) is 11.1. The van der Waals surface area contributed by atoms with Crippen molar-refractivity contribution < 1.29 is 18.6 Å². The van der Waals surface area contributed by atoms with Gasteiger partial charge in [0, 0.05) is 0 Å². The molecule has 1 fully saturated rings. The third kappa shape index (κ3) is 1.52. The van der Waals surface area contributed by atoms with E-state index >= 15 is 0 Å². The zero-order valence-electron chi connectivity index (χ0n) is 8.05. The highest BCUT2D eigenvalue weighted by atomic mass is 32.2. The molecular weight excluding hydrogens is 216 g/mol. The molecule has 0 saturated heterocycles. The molecule has 1 aliphatic carbocycles.